The summed E-state index contributed by atoms with van der Waals surface area (Å²) in [5, 5.41) is 3.20. The first-order valence-corrected chi connectivity index (χ1v) is 7.25. The van der Waals surface area contributed by atoms with Crippen molar-refractivity contribution in [3.05, 3.63) is 38.1 Å². The van der Waals surface area contributed by atoms with Crippen molar-refractivity contribution in [1.29, 1.82) is 0 Å². The molecule has 0 aliphatic carbocycles. The summed E-state index contributed by atoms with van der Waals surface area (Å²) in [6, 6.07) is 3.79. The van der Waals surface area contributed by atoms with E-state index in [-0.39, 0.29) is 0 Å². The Hall–Kier alpha value is -0.660. The van der Waals surface area contributed by atoms with E-state index in [2.05, 4.69) is 63.1 Å². The molecule has 0 saturated carbocycles. The Morgan fingerprint density at radius 2 is 1.89 bits per heavy atom. The summed E-state index contributed by atoms with van der Waals surface area (Å²) >= 11 is 10.3. The largest absolute Gasteiger partial charge is 0.495 e. The van der Waals surface area contributed by atoms with Gasteiger partial charge in [-0.25, -0.2) is 9.97 Å². The molecule has 0 aliphatic rings. The normalized spacial score (nSPS) is 10.2. The van der Waals surface area contributed by atoms with Crippen LogP contribution in [-0.2, 0) is 0 Å². The van der Waals surface area contributed by atoms with Gasteiger partial charge in [0.1, 0.15) is 17.9 Å². The lowest BCUT2D eigenvalue weighted by molar-refractivity contribution is 0.412. The molecular formula is C11H8Br3N3O. The molecule has 1 heterocycles. The molecule has 0 atom stereocenters. The van der Waals surface area contributed by atoms with Crippen LogP contribution in [0.15, 0.2) is 38.1 Å². The number of ether oxygens (including phenoxy) is 1. The van der Waals surface area contributed by atoms with Crippen molar-refractivity contribution in [2.75, 3.05) is 12.4 Å². The summed E-state index contributed by atoms with van der Waals surface area (Å²) in [4.78, 5) is 8.07. The monoisotopic (exact) mass is 435 g/mol. The van der Waals surface area contributed by atoms with E-state index >= 15 is 0 Å². The number of anilines is 2. The average molecular weight is 438 g/mol. The van der Waals surface area contributed by atoms with Gasteiger partial charge in [0, 0.05) is 16.7 Å². The maximum Gasteiger partial charge on any atom is 0.148 e. The van der Waals surface area contributed by atoms with Crippen LogP contribution in [0.2, 0.25) is 0 Å². The Morgan fingerprint density at radius 3 is 2.56 bits per heavy atom. The fourth-order valence-electron chi connectivity index (χ4n) is 1.31. The van der Waals surface area contributed by atoms with Crippen LogP contribution >= 0.6 is 47.8 Å². The number of methoxy groups -OCH3 is 1. The highest BCUT2D eigenvalue weighted by molar-refractivity contribution is 9.11. The number of rotatable bonds is 3. The molecule has 0 unspecified atom stereocenters. The van der Waals surface area contributed by atoms with Gasteiger partial charge in [-0.05, 0) is 53.9 Å². The predicted molar refractivity (Wildman–Crippen MR) is 81.4 cm³/mol. The first-order valence-electron chi connectivity index (χ1n) is 4.87. The predicted octanol–water partition coefficient (Wildman–Crippen LogP) is 4.52. The van der Waals surface area contributed by atoms with E-state index in [0.717, 1.165) is 24.9 Å². The van der Waals surface area contributed by atoms with Gasteiger partial charge in [0.2, 0.25) is 0 Å². The number of benzene rings is 1. The molecule has 18 heavy (non-hydrogen) atoms. The lowest BCUT2D eigenvalue weighted by Gasteiger charge is -2.12. The smallest absolute Gasteiger partial charge is 0.148 e. The lowest BCUT2D eigenvalue weighted by atomic mass is 10.3. The Labute approximate surface area is 130 Å². The van der Waals surface area contributed by atoms with E-state index in [1.165, 1.54) is 6.33 Å². The van der Waals surface area contributed by atoms with Gasteiger partial charge in [-0.3, -0.25) is 0 Å². The molecule has 0 amide bonds. The van der Waals surface area contributed by atoms with E-state index < -0.39 is 0 Å². The van der Waals surface area contributed by atoms with Crippen molar-refractivity contribution in [3.8, 4) is 5.75 Å². The third-order valence-electron chi connectivity index (χ3n) is 2.16. The lowest BCUT2D eigenvalue weighted by Crippen LogP contribution is -1.97. The third kappa shape index (κ3) is 3.02. The van der Waals surface area contributed by atoms with Gasteiger partial charge in [-0.1, -0.05) is 0 Å². The molecule has 0 bridgehead atoms. The number of halogens is 3. The molecule has 7 heteroatoms. The third-order valence-corrected chi connectivity index (χ3v) is 4.02. The summed E-state index contributed by atoms with van der Waals surface area (Å²) in [5.74, 6) is 1.43. The molecule has 0 fully saturated rings. The molecule has 0 spiro atoms. The minimum atomic E-state index is 0.690. The van der Waals surface area contributed by atoms with Gasteiger partial charge in [0.05, 0.1) is 21.7 Å². The van der Waals surface area contributed by atoms with Gasteiger partial charge < -0.3 is 10.1 Å². The summed E-state index contributed by atoms with van der Waals surface area (Å²) in [6.07, 6.45) is 3.16. The van der Waals surface area contributed by atoms with Crippen molar-refractivity contribution in [2.45, 2.75) is 0 Å². The molecule has 0 aliphatic heterocycles. The van der Waals surface area contributed by atoms with Gasteiger partial charge in [0.25, 0.3) is 0 Å². The Kier molecular flexibility index (Phi) is 4.58. The number of hydrogen-bond donors (Lipinski definition) is 1. The second-order valence-electron chi connectivity index (χ2n) is 3.31. The van der Waals surface area contributed by atoms with Crippen LogP contribution in [-0.4, -0.2) is 17.1 Å². The highest BCUT2D eigenvalue weighted by Crippen LogP contribution is 2.36. The zero-order valence-electron chi connectivity index (χ0n) is 9.25. The average Bonchev–Trinajstić information content (AvgIpc) is 2.35. The molecular weight excluding hydrogens is 430 g/mol. The fraction of sp³-hybridized carbons (Fsp3) is 0.0909. The van der Waals surface area contributed by atoms with Gasteiger partial charge >= 0.3 is 0 Å². The number of hydrogen-bond acceptors (Lipinski definition) is 4. The zero-order valence-corrected chi connectivity index (χ0v) is 14.0. The molecule has 4 nitrogen and oxygen atoms in total. The highest BCUT2D eigenvalue weighted by Gasteiger charge is 2.09. The minimum absolute atomic E-state index is 0.690. The number of nitrogens with zero attached hydrogens (tertiary/aromatic N) is 2. The summed E-state index contributed by atoms with van der Waals surface area (Å²) in [7, 11) is 1.62. The van der Waals surface area contributed by atoms with E-state index in [4.69, 9.17) is 4.74 Å². The zero-order chi connectivity index (χ0) is 13.1. The maximum absolute atomic E-state index is 5.26. The molecule has 1 aromatic heterocycles. The SMILES string of the molecule is COc1cc(Nc2ncncc2Br)c(Br)cc1Br. The van der Waals surface area contributed by atoms with Crippen LogP contribution in [0.3, 0.4) is 0 Å². The van der Waals surface area contributed by atoms with E-state index in [9.17, 15) is 0 Å². The standard InChI is InChI=1S/C11H8Br3N3O/c1-18-10-3-9(6(12)2-7(10)13)17-11-8(14)4-15-5-16-11/h2-5H,1H3,(H,15,16,17). The number of nitrogens with one attached hydrogen (secondary N) is 1. The van der Waals surface area contributed by atoms with Crippen LogP contribution < -0.4 is 10.1 Å². The van der Waals surface area contributed by atoms with E-state index in [1.807, 2.05) is 12.1 Å². The summed E-state index contributed by atoms with van der Waals surface area (Å²) in [5.41, 5.74) is 0.856. The second kappa shape index (κ2) is 5.99. The van der Waals surface area contributed by atoms with Gasteiger partial charge in [-0.15, -0.1) is 0 Å². The second-order valence-corrected chi connectivity index (χ2v) is 5.87. The molecule has 1 aromatic carbocycles. The van der Waals surface area contributed by atoms with Gasteiger partial charge in [-0.2, -0.15) is 0 Å². The molecule has 2 aromatic rings. The molecule has 1 N–H and O–H groups in total. The first-order chi connectivity index (χ1) is 8.61. The fourth-order valence-corrected chi connectivity index (χ4v) is 2.89. The van der Waals surface area contributed by atoms with Crippen LogP contribution in [0.25, 0.3) is 0 Å². The molecule has 0 saturated heterocycles. The van der Waals surface area contributed by atoms with Crippen molar-refractivity contribution in [1.82, 2.24) is 9.97 Å². The summed E-state index contributed by atoms with van der Waals surface area (Å²) < 4.78 is 7.83. The molecule has 94 valence electrons. The van der Waals surface area contributed by atoms with Gasteiger partial charge in [0.15, 0.2) is 0 Å². The van der Waals surface area contributed by atoms with Crippen LogP contribution in [0, 0.1) is 0 Å². The summed E-state index contributed by atoms with van der Waals surface area (Å²) in [6.45, 7) is 0. The van der Waals surface area contributed by atoms with Crippen molar-refractivity contribution >= 4 is 59.3 Å². The Morgan fingerprint density at radius 1 is 1.11 bits per heavy atom. The molecule has 2 rings (SSSR count). The molecule has 0 radical (unpaired) electrons. The van der Waals surface area contributed by atoms with E-state index in [1.54, 1.807) is 13.3 Å². The topological polar surface area (TPSA) is 47.0 Å². The van der Waals surface area contributed by atoms with Crippen LogP contribution in [0.4, 0.5) is 11.5 Å². The van der Waals surface area contributed by atoms with Crippen molar-refractivity contribution in [3.63, 3.8) is 0 Å². The quantitative estimate of drug-likeness (QED) is 0.767. The van der Waals surface area contributed by atoms with Crippen LogP contribution in [0.5, 0.6) is 5.75 Å². The maximum atomic E-state index is 5.26. The van der Waals surface area contributed by atoms with E-state index in [0.29, 0.717) is 5.82 Å². The number of aromatic nitrogens is 2. The van der Waals surface area contributed by atoms with Crippen molar-refractivity contribution < 1.29 is 4.74 Å². The van der Waals surface area contributed by atoms with Crippen LogP contribution in [0.1, 0.15) is 0 Å². The van der Waals surface area contributed by atoms with Crippen molar-refractivity contribution in [2.24, 2.45) is 0 Å². The minimum Gasteiger partial charge on any atom is -0.495 e. The Bertz CT molecular complexity index is 577. The first kappa shape index (κ1) is 13.8. The Balaban J connectivity index is 2.38. The highest BCUT2D eigenvalue weighted by atomic mass is 79.9.